The van der Waals surface area contributed by atoms with Gasteiger partial charge in [0.1, 0.15) is 12.2 Å². The number of Topliss-reactive ketones (excluding diaryl/α,β-unsaturated/α-hetero) is 1. The van der Waals surface area contributed by atoms with Gasteiger partial charge < -0.3 is 14.8 Å². The molecule has 6 heteroatoms. The van der Waals surface area contributed by atoms with Gasteiger partial charge in [-0.1, -0.05) is 49.6 Å². The molecule has 0 radical (unpaired) electrons. The van der Waals surface area contributed by atoms with Crippen molar-refractivity contribution in [3.8, 4) is 0 Å². The van der Waals surface area contributed by atoms with Crippen LogP contribution in [0, 0.1) is 5.92 Å². The molecule has 1 aromatic rings. The van der Waals surface area contributed by atoms with E-state index in [-0.39, 0.29) is 18.3 Å². The van der Waals surface area contributed by atoms with E-state index in [2.05, 4.69) is 5.32 Å². The summed E-state index contributed by atoms with van der Waals surface area (Å²) in [7, 11) is 0. The summed E-state index contributed by atoms with van der Waals surface area (Å²) >= 11 is 0. The first-order valence-corrected chi connectivity index (χ1v) is 9.50. The van der Waals surface area contributed by atoms with Crippen LogP contribution in [0.5, 0.6) is 0 Å². The predicted octanol–water partition coefficient (Wildman–Crippen LogP) is 3.77. The normalized spacial score (nSPS) is 16.3. The van der Waals surface area contributed by atoms with E-state index in [0.717, 1.165) is 37.7 Å². The third-order valence-corrected chi connectivity index (χ3v) is 4.41. The lowest BCUT2D eigenvalue weighted by Gasteiger charge is -2.26. The molecule has 27 heavy (non-hydrogen) atoms. The molecule has 1 unspecified atom stereocenters. The molecule has 0 aromatic heterocycles. The Balaban J connectivity index is 2.06. The Morgan fingerprint density at radius 2 is 1.70 bits per heavy atom. The van der Waals surface area contributed by atoms with Crippen molar-refractivity contribution in [1.82, 2.24) is 5.32 Å². The van der Waals surface area contributed by atoms with Crippen LogP contribution < -0.4 is 5.32 Å². The van der Waals surface area contributed by atoms with Crippen molar-refractivity contribution in [1.29, 1.82) is 0 Å². The first-order chi connectivity index (χ1) is 12.8. The van der Waals surface area contributed by atoms with E-state index in [1.165, 1.54) is 0 Å². The van der Waals surface area contributed by atoms with Crippen LogP contribution in [0.4, 0.5) is 4.79 Å². The van der Waals surface area contributed by atoms with Gasteiger partial charge in [-0.15, -0.1) is 0 Å². The Morgan fingerprint density at radius 1 is 1.07 bits per heavy atom. The second kappa shape index (κ2) is 9.53. The van der Waals surface area contributed by atoms with Crippen LogP contribution in [-0.2, 0) is 25.7 Å². The lowest BCUT2D eigenvalue weighted by atomic mass is 9.84. The summed E-state index contributed by atoms with van der Waals surface area (Å²) in [6, 6.07) is 7.86. The topological polar surface area (TPSA) is 81.7 Å². The Labute approximate surface area is 160 Å². The van der Waals surface area contributed by atoms with Crippen molar-refractivity contribution in [2.45, 2.75) is 71.1 Å². The fourth-order valence-corrected chi connectivity index (χ4v) is 3.11. The Bertz CT molecular complexity index is 644. The number of rotatable bonds is 6. The van der Waals surface area contributed by atoms with Gasteiger partial charge in [-0.05, 0) is 39.2 Å². The minimum absolute atomic E-state index is 0.0458. The third kappa shape index (κ3) is 7.04. The highest BCUT2D eigenvalue weighted by molar-refractivity contribution is 6.06. The fraction of sp³-hybridized carbons (Fsp3) is 0.571. The summed E-state index contributed by atoms with van der Waals surface area (Å²) in [6.07, 6.45) is 3.66. The number of amides is 1. The molecular formula is C21H29NO5. The molecule has 1 saturated carbocycles. The van der Waals surface area contributed by atoms with Gasteiger partial charge in [0.25, 0.3) is 0 Å². The number of carbonyl (C=O) groups is 3. The Morgan fingerprint density at radius 3 is 2.30 bits per heavy atom. The van der Waals surface area contributed by atoms with Crippen molar-refractivity contribution in [2.75, 3.05) is 0 Å². The van der Waals surface area contributed by atoms with E-state index in [4.69, 9.17) is 9.47 Å². The highest BCUT2D eigenvalue weighted by Gasteiger charge is 2.36. The van der Waals surface area contributed by atoms with Crippen molar-refractivity contribution in [3.05, 3.63) is 35.9 Å². The first kappa shape index (κ1) is 20.9. The average molecular weight is 375 g/mol. The molecule has 0 spiro atoms. The maximum Gasteiger partial charge on any atom is 0.408 e. The second-order valence-corrected chi connectivity index (χ2v) is 7.91. The van der Waals surface area contributed by atoms with Crippen molar-refractivity contribution in [2.24, 2.45) is 5.92 Å². The van der Waals surface area contributed by atoms with Gasteiger partial charge in [-0.25, -0.2) is 9.59 Å². The zero-order valence-electron chi connectivity index (χ0n) is 16.3. The average Bonchev–Trinajstić information content (AvgIpc) is 2.64. The summed E-state index contributed by atoms with van der Waals surface area (Å²) in [4.78, 5) is 37.6. The van der Waals surface area contributed by atoms with Gasteiger partial charge >= 0.3 is 12.1 Å². The quantitative estimate of drug-likeness (QED) is 0.604. The van der Waals surface area contributed by atoms with Gasteiger partial charge in [0.15, 0.2) is 11.8 Å². The molecule has 2 rings (SSSR count). The van der Waals surface area contributed by atoms with Crippen molar-refractivity contribution < 1.29 is 23.9 Å². The molecule has 0 aliphatic heterocycles. The molecule has 1 N–H and O–H groups in total. The molecule has 6 nitrogen and oxygen atoms in total. The number of esters is 1. The van der Waals surface area contributed by atoms with Gasteiger partial charge in [0.05, 0.1) is 0 Å². The molecule has 1 aliphatic rings. The van der Waals surface area contributed by atoms with Crippen LogP contribution in [0.15, 0.2) is 30.3 Å². The summed E-state index contributed by atoms with van der Waals surface area (Å²) in [5, 5.41) is 2.42. The largest absolute Gasteiger partial charge is 0.459 e. The maximum atomic E-state index is 12.9. The number of hydrogen-bond donors (Lipinski definition) is 1. The fourth-order valence-electron chi connectivity index (χ4n) is 3.11. The van der Waals surface area contributed by atoms with Crippen LogP contribution >= 0.6 is 0 Å². The van der Waals surface area contributed by atoms with Crippen molar-refractivity contribution >= 4 is 17.8 Å². The lowest BCUT2D eigenvalue weighted by molar-refractivity contribution is -0.151. The smallest absolute Gasteiger partial charge is 0.408 e. The summed E-state index contributed by atoms with van der Waals surface area (Å²) in [6.45, 7) is 5.21. The summed E-state index contributed by atoms with van der Waals surface area (Å²) in [5.41, 5.74) is 0.0863. The standard InChI is InChI=1S/C21H29NO5/c1-21(2,3)27-20(25)22-17(18(23)16-12-8-5-9-13-16)19(24)26-14-15-10-6-4-7-11-15/h4,6-7,10-11,16-17H,5,8-9,12-14H2,1-3H3,(H,22,25). The maximum absolute atomic E-state index is 12.9. The molecule has 0 heterocycles. The zero-order chi connectivity index (χ0) is 19.9. The van der Waals surface area contributed by atoms with Crippen molar-refractivity contribution in [3.63, 3.8) is 0 Å². The van der Waals surface area contributed by atoms with E-state index < -0.39 is 23.7 Å². The third-order valence-electron chi connectivity index (χ3n) is 4.41. The molecule has 0 bridgehead atoms. The number of benzene rings is 1. The van der Waals surface area contributed by atoms with E-state index in [1.807, 2.05) is 30.3 Å². The van der Waals surface area contributed by atoms with E-state index >= 15 is 0 Å². The molecule has 0 saturated heterocycles. The summed E-state index contributed by atoms with van der Waals surface area (Å²) in [5.74, 6) is -1.28. The number of hydrogen-bond acceptors (Lipinski definition) is 5. The minimum Gasteiger partial charge on any atom is -0.459 e. The second-order valence-electron chi connectivity index (χ2n) is 7.91. The van der Waals surface area contributed by atoms with Gasteiger partial charge in [0, 0.05) is 5.92 Å². The Hall–Kier alpha value is -2.37. The number of carbonyl (C=O) groups excluding carboxylic acids is 3. The van der Waals surface area contributed by atoms with Crippen LogP contribution in [0.1, 0.15) is 58.4 Å². The molecule has 148 valence electrons. The molecule has 1 amide bonds. The number of nitrogens with one attached hydrogen (secondary N) is 1. The lowest BCUT2D eigenvalue weighted by Crippen LogP contribution is -2.51. The van der Waals surface area contributed by atoms with Gasteiger partial charge in [-0.3, -0.25) is 4.79 Å². The van der Waals surface area contributed by atoms with Crippen LogP contribution in [0.25, 0.3) is 0 Å². The van der Waals surface area contributed by atoms with Crippen LogP contribution in [0.2, 0.25) is 0 Å². The number of ketones is 1. The first-order valence-electron chi connectivity index (χ1n) is 9.50. The molecule has 1 aliphatic carbocycles. The molecule has 1 aromatic carbocycles. The van der Waals surface area contributed by atoms with E-state index in [1.54, 1.807) is 20.8 Å². The molecule has 1 atom stereocenters. The minimum atomic E-state index is -1.34. The highest BCUT2D eigenvalue weighted by Crippen LogP contribution is 2.25. The Kier molecular flexibility index (Phi) is 7.39. The SMILES string of the molecule is CC(C)(C)OC(=O)NC(C(=O)OCc1ccccc1)C(=O)C1CCCCC1. The zero-order valence-corrected chi connectivity index (χ0v) is 16.3. The number of ether oxygens (including phenoxy) is 2. The van der Waals surface area contributed by atoms with Gasteiger partial charge in [0.2, 0.25) is 0 Å². The van der Waals surface area contributed by atoms with E-state index in [9.17, 15) is 14.4 Å². The van der Waals surface area contributed by atoms with E-state index in [0.29, 0.717) is 0 Å². The van der Waals surface area contributed by atoms with Crippen LogP contribution in [-0.4, -0.2) is 29.5 Å². The predicted molar refractivity (Wildman–Crippen MR) is 101 cm³/mol. The van der Waals surface area contributed by atoms with Gasteiger partial charge in [-0.2, -0.15) is 0 Å². The monoisotopic (exact) mass is 375 g/mol. The highest BCUT2D eigenvalue weighted by atomic mass is 16.6. The number of alkyl carbamates (subject to hydrolysis) is 1. The molecule has 1 fully saturated rings. The summed E-state index contributed by atoms with van der Waals surface area (Å²) < 4.78 is 10.5. The van der Waals surface area contributed by atoms with Crippen LogP contribution in [0.3, 0.4) is 0 Å². The molecular weight excluding hydrogens is 346 g/mol.